The van der Waals surface area contributed by atoms with Gasteiger partial charge in [-0.2, -0.15) is 0 Å². The Hall–Kier alpha value is -1.31. The van der Waals surface area contributed by atoms with Gasteiger partial charge in [0, 0.05) is 17.2 Å². The van der Waals surface area contributed by atoms with E-state index >= 15 is 0 Å². The molecule has 0 saturated heterocycles. The number of rotatable bonds is 2. The standard InChI is InChI=1S/C11H10BrN5S/c1-6-10(18-9(4-13)14-6)11-16-15-8-3-2-7(12)5-17(8)11/h2-3,5H,4,13H2,1H3. The first-order chi connectivity index (χ1) is 8.69. The zero-order valence-electron chi connectivity index (χ0n) is 9.59. The van der Waals surface area contributed by atoms with E-state index in [9.17, 15) is 0 Å². The second kappa shape index (κ2) is 4.42. The van der Waals surface area contributed by atoms with Crippen molar-refractivity contribution in [2.75, 3.05) is 0 Å². The molecule has 5 nitrogen and oxygen atoms in total. The predicted octanol–water partition coefficient (Wildman–Crippen LogP) is 2.38. The minimum Gasteiger partial charge on any atom is -0.325 e. The zero-order valence-corrected chi connectivity index (χ0v) is 12.0. The molecule has 0 amide bonds. The predicted molar refractivity (Wildman–Crippen MR) is 74.4 cm³/mol. The van der Waals surface area contributed by atoms with Gasteiger partial charge in [0.2, 0.25) is 0 Å². The van der Waals surface area contributed by atoms with Crippen molar-refractivity contribution in [1.29, 1.82) is 0 Å². The number of thiazole rings is 1. The topological polar surface area (TPSA) is 69.1 Å². The van der Waals surface area contributed by atoms with E-state index in [1.807, 2.05) is 29.7 Å². The molecule has 3 aromatic rings. The molecule has 0 aliphatic carbocycles. The van der Waals surface area contributed by atoms with E-state index in [-0.39, 0.29) is 0 Å². The van der Waals surface area contributed by atoms with E-state index in [0.29, 0.717) is 6.54 Å². The Morgan fingerprint density at radius 3 is 2.94 bits per heavy atom. The van der Waals surface area contributed by atoms with Crippen LogP contribution in [0.2, 0.25) is 0 Å². The molecule has 0 atom stereocenters. The van der Waals surface area contributed by atoms with Gasteiger partial charge in [-0.3, -0.25) is 4.40 Å². The molecule has 0 saturated carbocycles. The molecule has 0 aromatic carbocycles. The molecule has 0 fully saturated rings. The van der Waals surface area contributed by atoms with Gasteiger partial charge in [-0.05, 0) is 35.0 Å². The summed E-state index contributed by atoms with van der Waals surface area (Å²) in [5, 5.41) is 9.30. The Kier molecular flexibility index (Phi) is 2.89. The summed E-state index contributed by atoms with van der Waals surface area (Å²) in [5.74, 6) is 0.806. The van der Waals surface area contributed by atoms with E-state index < -0.39 is 0 Å². The number of hydrogen-bond donors (Lipinski definition) is 1. The van der Waals surface area contributed by atoms with Gasteiger partial charge < -0.3 is 5.73 Å². The molecule has 0 aliphatic rings. The minimum atomic E-state index is 0.450. The van der Waals surface area contributed by atoms with Crippen molar-refractivity contribution in [3.05, 3.63) is 33.5 Å². The molecule has 7 heteroatoms. The van der Waals surface area contributed by atoms with Crippen molar-refractivity contribution in [2.45, 2.75) is 13.5 Å². The zero-order chi connectivity index (χ0) is 12.7. The summed E-state index contributed by atoms with van der Waals surface area (Å²) >= 11 is 5.02. The number of fused-ring (bicyclic) bond motifs is 1. The molecule has 3 rings (SSSR count). The van der Waals surface area contributed by atoms with Crippen LogP contribution in [0.25, 0.3) is 16.3 Å². The summed E-state index contributed by atoms with van der Waals surface area (Å²) in [5.41, 5.74) is 7.37. The van der Waals surface area contributed by atoms with Crippen LogP contribution >= 0.6 is 27.3 Å². The summed E-state index contributed by atoms with van der Waals surface area (Å²) in [7, 11) is 0. The van der Waals surface area contributed by atoms with Gasteiger partial charge >= 0.3 is 0 Å². The Labute approximate surface area is 116 Å². The largest absolute Gasteiger partial charge is 0.325 e. The summed E-state index contributed by atoms with van der Waals surface area (Å²) in [6.45, 7) is 2.41. The lowest BCUT2D eigenvalue weighted by atomic mass is 10.3. The van der Waals surface area contributed by atoms with Gasteiger partial charge in [0.05, 0.1) is 10.6 Å². The SMILES string of the molecule is Cc1nc(CN)sc1-c1nnc2ccc(Br)cn12. The fourth-order valence-corrected chi connectivity index (χ4v) is 3.03. The third kappa shape index (κ3) is 1.84. The lowest BCUT2D eigenvalue weighted by Crippen LogP contribution is -1.94. The molecule has 0 aliphatic heterocycles. The van der Waals surface area contributed by atoms with Gasteiger partial charge in [-0.15, -0.1) is 21.5 Å². The highest BCUT2D eigenvalue weighted by Gasteiger charge is 2.15. The van der Waals surface area contributed by atoms with Gasteiger partial charge in [-0.1, -0.05) is 0 Å². The van der Waals surface area contributed by atoms with Gasteiger partial charge in [0.15, 0.2) is 11.5 Å². The first-order valence-corrected chi connectivity index (χ1v) is 6.97. The Morgan fingerprint density at radius 1 is 1.39 bits per heavy atom. The second-order valence-electron chi connectivity index (χ2n) is 3.83. The third-order valence-corrected chi connectivity index (χ3v) is 4.23. The average molecular weight is 324 g/mol. The molecule has 2 N–H and O–H groups in total. The number of nitrogens with zero attached hydrogens (tertiary/aromatic N) is 4. The highest BCUT2D eigenvalue weighted by molar-refractivity contribution is 9.10. The molecule has 0 spiro atoms. The van der Waals surface area contributed by atoms with Crippen molar-refractivity contribution in [2.24, 2.45) is 5.73 Å². The molecular formula is C11H10BrN5S. The fraction of sp³-hybridized carbons (Fsp3) is 0.182. The van der Waals surface area contributed by atoms with E-state index in [0.717, 1.165) is 31.5 Å². The third-order valence-electron chi connectivity index (χ3n) is 2.58. The van der Waals surface area contributed by atoms with Crippen LogP contribution in [-0.2, 0) is 6.54 Å². The van der Waals surface area contributed by atoms with E-state index in [4.69, 9.17) is 5.73 Å². The lowest BCUT2D eigenvalue weighted by molar-refractivity contribution is 1.02. The van der Waals surface area contributed by atoms with Crippen LogP contribution < -0.4 is 5.73 Å². The minimum absolute atomic E-state index is 0.450. The molecule has 3 aromatic heterocycles. The maximum Gasteiger partial charge on any atom is 0.180 e. The van der Waals surface area contributed by atoms with Crippen molar-refractivity contribution >= 4 is 32.9 Å². The molecule has 3 heterocycles. The Balaban J connectivity index is 2.24. The maximum atomic E-state index is 5.62. The normalized spacial score (nSPS) is 11.3. The number of pyridine rings is 1. The van der Waals surface area contributed by atoms with Crippen molar-refractivity contribution in [3.63, 3.8) is 0 Å². The smallest absolute Gasteiger partial charge is 0.180 e. The number of aromatic nitrogens is 4. The number of halogens is 1. The van der Waals surface area contributed by atoms with Crippen LogP contribution in [0.3, 0.4) is 0 Å². The lowest BCUT2D eigenvalue weighted by Gasteiger charge is -1.98. The van der Waals surface area contributed by atoms with Crippen LogP contribution in [0, 0.1) is 6.92 Å². The fourth-order valence-electron chi connectivity index (χ4n) is 1.77. The second-order valence-corrected chi connectivity index (χ2v) is 5.82. The molecule has 0 unspecified atom stereocenters. The van der Waals surface area contributed by atoms with Gasteiger partial charge in [-0.25, -0.2) is 4.98 Å². The molecular weight excluding hydrogens is 314 g/mol. The number of nitrogens with two attached hydrogens (primary N) is 1. The van der Waals surface area contributed by atoms with Gasteiger partial charge in [0.25, 0.3) is 0 Å². The van der Waals surface area contributed by atoms with E-state index in [1.165, 1.54) is 0 Å². The van der Waals surface area contributed by atoms with E-state index in [1.54, 1.807) is 11.3 Å². The molecule has 0 radical (unpaired) electrons. The first kappa shape index (κ1) is 11.8. The average Bonchev–Trinajstić information content (AvgIpc) is 2.92. The van der Waals surface area contributed by atoms with Crippen LogP contribution in [0.5, 0.6) is 0 Å². The maximum absolute atomic E-state index is 5.62. The Bertz CT molecular complexity index is 717. The monoisotopic (exact) mass is 323 g/mol. The van der Waals surface area contributed by atoms with Crippen molar-refractivity contribution < 1.29 is 0 Å². The van der Waals surface area contributed by atoms with Crippen molar-refractivity contribution in [1.82, 2.24) is 19.6 Å². The summed E-state index contributed by atoms with van der Waals surface area (Å²) < 4.78 is 2.93. The highest BCUT2D eigenvalue weighted by Crippen LogP contribution is 2.29. The van der Waals surface area contributed by atoms with Crippen LogP contribution in [0.1, 0.15) is 10.7 Å². The number of hydrogen-bond acceptors (Lipinski definition) is 5. The summed E-state index contributed by atoms with van der Waals surface area (Å²) in [6.07, 6.45) is 1.95. The molecule has 18 heavy (non-hydrogen) atoms. The van der Waals surface area contributed by atoms with Gasteiger partial charge in [0.1, 0.15) is 5.01 Å². The summed E-state index contributed by atoms with van der Waals surface area (Å²) in [4.78, 5) is 5.43. The summed E-state index contributed by atoms with van der Waals surface area (Å²) in [6, 6.07) is 3.86. The Morgan fingerprint density at radius 2 is 2.22 bits per heavy atom. The van der Waals surface area contributed by atoms with Crippen LogP contribution in [0.4, 0.5) is 0 Å². The molecule has 0 bridgehead atoms. The van der Waals surface area contributed by atoms with Crippen molar-refractivity contribution in [3.8, 4) is 10.7 Å². The quantitative estimate of drug-likeness (QED) is 0.786. The first-order valence-electron chi connectivity index (χ1n) is 5.36. The van der Waals surface area contributed by atoms with Crippen LogP contribution in [-0.4, -0.2) is 19.6 Å². The van der Waals surface area contributed by atoms with E-state index in [2.05, 4.69) is 31.1 Å². The molecule has 92 valence electrons. The highest BCUT2D eigenvalue weighted by atomic mass is 79.9. The van der Waals surface area contributed by atoms with Crippen LogP contribution in [0.15, 0.2) is 22.8 Å². The number of aryl methyl sites for hydroxylation is 1.